The molecule has 1 amide bonds. The lowest BCUT2D eigenvalue weighted by atomic mass is 10.1. The third-order valence-corrected chi connectivity index (χ3v) is 3.27. The minimum absolute atomic E-state index is 0.0336. The molecular weight excluding hydrogens is 279 g/mol. The number of hydrogen-bond donors (Lipinski definition) is 0. The zero-order chi connectivity index (χ0) is 15.4. The zero-order valence-electron chi connectivity index (χ0n) is 11.3. The summed E-state index contributed by atoms with van der Waals surface area (Å²) in [5.74, 6) is -1.63. The molecule has 1 unspecified atom stereocenters. The van der Waals surface area contributed by atoms with E-state index in [1.54, 1.807) is 0 Å². The first-order valence-corrected chi connectivity index (χ1v) is 6.26. The van der Waals surface area contributed by atoms with Gasteiger partial charge in [-0.15, -0.1) is 0 Å². The van der Waals surface area contributed by atoms with Gasteiger partial charge in [-0.3, -0.25) is 4.79 Å². The van der Waals surface area contributed by atoms with Gasteiger partial charge in [0.2, 0.25) is 5.91 Å². The molecule has 0 N–H and O–H groups in total. The molecule has 0 saturated carbocycles. The number of carbonyl (C=O) groups is 2. The lowest BCUT2D eigenvalue weighted by Gasteiger charge is -2.18. The van der Waals surface area contributed by atoms with Crippen LogP contribution in [0.1, 0.15) is 16.8 Å². The van der Waals surface area contributed by atoms with E-state index < -0.39 is 11.8 Å². The maximum Gasteiger partial charge on any atom is 0.337 e. The molecule has 0 spiro atoms. The molecule has 7 nitrogen and oxygen atoms in total. The fraction of sp³-hybridized carbons (Fsp3) is 0.385. The predicted molar refractivity (Wildman–Crippen MR) is 72.2 cm³/mol. The van der Waals surface area contributed by atoms with Crippen LogP contribution in [0.25, 0.3) is 10.4 Å². The summed E-state index contributed by atoms with van der Waals surface area (Å²) in [6.45, 7) is 0.427. The lowest BCUT2D eigenvalue weighted by Crippen LogP contribution is -2.26. The van der Waals surface area contributed by atoms with Gasteiger partial charge in [0.05, 0.1) is 18.4 Å². The summed E-state index contributed by atoms with van der Waals surface area (Å²) in [6.07, 6.45) is 0.181. The van der Waals surface area contributed by atoms with Crippen LogP contribution in [-0.2, 0) is 9.53 Å². The van der Waals surface area contributed by atoms with Gasteiger partial charge in [0.1, 0.15) is 5.82 Å². The normalized spacial score (nSPS) is 17.5. The summed E-state index contributed by atoms with van der Waals surface area (Å²) in [5.41, 5.74) is 8.49. The lowest BCUT2D eigenvalue weighted by molar-refractivity contribution is -0.117. The van der Waals surface area contributed by atoms with Crippen LogP contribution in [0.4, 0.5) is 10.1 Å². The Morgan fingerprint density at radius 1 is 1.62 bits per heavy atom. The van der Waals surface area contributed by atoms with Gasteiger partial charge in [0, 0.05) is 24.4 Å². The molecule has 110 valence electrons. The maximum atomic E-state index is 13.9. The first-order chi connectivity index (χ1) is 10.1. The van der Waals surface area contributed by atoms with Gasteiger partial charge in [-0.2, -0.15) is 0 Å². The van der Waals surface area contributed by atoms with E-state index >= 15 is 0 Å². The van der Waals surface area contributed by atoms with Crippen LogP contribution in [0.15, 0.2) is 23.3 Å². The Balaban J connectivity index is 2.27. The molecule has 1 aromatic rings. The van der Waals surface area contributed by atoms with E-state index in [-0.39, 0.29) is 42.6 Å². The van der Waals surface area contributed by atoms with Crippen LogP contribution in [0.3, 0.4) is 0 Å². The van der Waals surface area contributed by atoms with Crippen molar-refractivity contribution in [2.24, 2.45) is 11.0 Å². The van der Waals surface area contributed by atoms with Gasteiger partial charge in [-0.25, -0.2) is 9.18 Å². The molecule has 0 aliphatic carbocycles. The number of halogens is 1. The fourth-order valence-corrected chi connectivity index (χ4v) is 2.25. The highest BCUT2D eigenvalue weighted by Crippen LogP contribution is 2.28. The number of ether oxygens (including phenoxy) is 1. The molecule has 1 atom stereocenters. The third-order valence-electron chi connectivity index (χ3n) is 3.27. The Labute approximate surface area is 119 Å². The van der Waals surface area contributed by atoms with Gasteiger partial charge in [0.25, 0.3) is 0 Å². The fourth-order valence-electron chi connectivity index (χ4n) is 2.25. The Morgan fingerprint density at radius 3 is 3.05 bits per heavy atom. The van der Waals surface area contributed by atoms with Crippen LogP contribution >= 0.6 is 0 Å². The van der Waals surface area contributed by atoms with E-state index in [4.69, 9.17) is 5.53 Å². The summed E-state index contributed by atoms with van der Waals surface area (Å²) in [6, 6.07) is 3.70. The van der Waals surface area contributed by atoms with Gasteiger partial charge < -0.3 is 9.64 Å². The molecule has 21 heavy (non-hydrogen) atoms. The Bertz CT molecular complexity index is 628. The van der Waals surface area contributed by atoms with Gasteiger partial charge in [-0.1, -0.05) is 5.11 Å². The molecular formula is C13H13FN4O3. The van der Waals surface area contributed by atoms with E-state index in [1.165, 1.54) is 24.1 Å². The summed E-state index contributed by atoms with van der Waals surface area (Å²) in [4.78, 5) is 27.3. The molecule has 1 aliphatic rings. The topological polar surface area (TPSA) is 95.4 Å². The zero-order valence-corrected chi connectivity index (χ0v) is 11.3. The number of nitrogens with zero attached hydrogens (tertiary/aromatic N) is 4. The number of esters is 1. The second-order valence-electron chi connectivity index (χ2n) is 4.65. The quantitative estimate of drug-likeness (QED) is 0.368. The van der Waals surface area contributed by atoms with E-state index in [9.17, 15) is 14.0 Å². The van der Waals surface area contributed by atoms with Crippen molar-refractivity contribution in [3.05, 3.63) is 40.0 Å². The van der Waals surface area contributed by atoms with Crippen molar-refractivity contribution in [1.82, 2.24) is 0 Å². The summed E-state index contributed by atoms with van der Waals surface area (Å²) < 4.78 is 18.5. The first kappa shape index (κ1) is 14.8. The second kappa shape index (κ2) is 6.23. The van der Waals surface area contributed by atoms with Gasteiger partial charge >= 0.3 is 5.97 Å². The number of carbonyl (C=O) groups excluding carboxylic acids is 2. The van der Waals surface area contributed by atoms with Crippen molar-refractivity contribution in [3.63, 3.8) is 0 Å². The summed E-state index contributed by atoms with van der Waals surface area (Å²) in [7, 11) is 1.22. The standard InChI is InChI=1S/C13H13FN4O3/c1-21-13(20)9-2-3-10(14)11(5-9)18-7-8(4-12(18)19)6-16-17-15/h2-3,5,8H,4,6-7H2,1H3. The highest BCUT2D eigenvalue weighted by molar-refractivity contribution is 5.98. The molecule has 1 fully saturated rings. The van der Waals surface area contributed by atoms with Crippen LogP contribution in [-0.4, -0.2) is 32.1 Å². The summed E-state index contributed by atoms with van der Waals surface area (Å²) in [5, 5.41) is 3.43. The highest BCUT2D eigenvalue weighted by atomic mass is 19.1. The number of amides is 1. The van der Waals surface area contributed by atoms with Crippen molar-refractivity contribution < 1.29 is 18.7 Å². The number of methoxy groups -OCH3 is 1. The molecule has 8 heteroatoms. The largest absolute Gasteiger partial charge is 0.465 e. The van der Waals surface area contributed by atoms with Crippen molar-refractivity contribution in [2.75, 3.05) is 25.1 Å². The van der Waals surface area contributed by atoms with E-state index in [2.05, 4.69) is 14.8 Å². The molecule has 2 rings (SSSR count). The Hall–Kier alpha value is -2.60. The van der Waals surface area contributed by atoms with Crippen LogP contribution in [0.5, 0.6) is 0 Å². The Morgan fingerprint density at radius 2 is 2.38 bits per heavy atom. The number of benzene rings is 1. The molecule has 1 aromatic carbocycles. The molecule has 0 bridgehead atoms. The molecule has 0 radical (unpaired) electrons. The third kappa shape index (κ3) is 3.11. The predicted octanol–water partition coefficient (Wildman–Crippen LogP) is 2.28. The number of anilines is 1. The Kier molecular flexibility index (Phi) is 4.39. The number of azide groups is 1. The van der Waals surface area contributed by atoms with Crippen molar-refractivity contribution >= 4 is 17.6 Å². The van der Waals surface area contributed by atoms with E-state index in [0.29, 0.717) is 0 Å². The number of rotatable bonds is 4. The van der Waals surface area contributed by atoms with E-state index in [0.717, 1.165) is 6.07 Å². The van der Waals surface area contributed by atoms with Crippen LogP contribution in [0.2, 0.25) is 0 Å². The van der Waals surface area contributed by atoms with Crippen molar-refractivity contribution in [3.8, 4) is 0 Å². The first-order valence-electron chi connectivity index (χ1n) is 6.26. The monoisotopic (exact) mass is 292 g/mol. The van der Waals surface area contributed by atoms with Crippen LogP contribution < -0.4 is 4.90 Å². The minimum Gasteiger partial charge on any atom is -0.465 e. The SMILES string of the molecule is COC(=O)c1ccc(F)c(N2CC(CN=[N+]=[N-])CC2=O)c1. The summed E-state index contributed by atoms with van der Waals surface area (Å²) >= 11 is 0. The van der Waals surface area contributed by atoms with Crippen molar-refractivity contribution in [1.29, 1.82) is 0 Å². The van der Waals surface area contributed by atoms with Gasteiger partial charge in [-0.05, 0) is 29.6 Å². The van der Waals surface area contributed by atoms with Crippen molar-refractivity contribution in [2.45, 2.75) is 6.42 Å². The minimum atomic E-state index is -0.603. The average Bonchev–Trinajstić information content (AvgIpc) is 2.85. The van der Waals surface area contributed by atoms with Gasteiger partial charge in [0.15, 0.2) is 0 Å². The van der Waals surface area contributed by atoms with E-state index in [1.807, 2.05) is 0 Å². The molecule has 1 aliphatic heterocycles. The highest BCUT2D eigenvalue weighted by Gasteiger charge is 2.32. The maximum absolute atomic E-state index is 13.9. The molecule has 1 saturated heterocycles. The average molecular weight is 292 g/mol. The van der Waals surface area contributed by atoms with Crippen LogP contribution in [0, 0.1) is 11.7 Å². The number of hydrogen-bond acceptors (Lipinski definition) is 4. The smallest absolute Gasteiger partial charge is 0.337 e. The molecule has 1 heterocycles. The second-order valence-corrected chi connectivity index (χ2v) is 4.65. The molecule has 0 aromatic heterocycles.